The van der Waals surface area contributed by atoms with Gasteiger partial charge in [-0.2, -0.15) is 0 Å². The lowest BCUT2D eigenvalue weighted by Gasteiger charge is -2.16. The van der Waals surface area contributed by atoms with Crippen molar-refractivity contribution in [2.75, 3.05) is 7.11 Å². The first kappa shape index (κ1) is 11.6. The maximum absolute atomic E-state index is 10.8. The zero-order valence-electron chi connectivity index (χ0n) is 8.33. The third-order valence-corrected chi connectivity index (χ3v) is 1.99. The largest absolute Gasteiger partial charge is 0.469 e. The maximum atomic E-state index is 10.8. The Morgan fingerprint density at radius 3 is 2.87 bits per heavy atom. The van der Waals surface area contributed by atoms with Gasteiger partial charge < -0.3 is 14.9 Å². The van der Waals surface area contributed by atoms with Gasteiger partial charge in [-0.3, -0.25) is 9.78 Å². The number of hydrogen-bond donors (Lipinski definition) is 2. The number of aromatic nitrogens is 1. The molecular weight excluding hydrogens is 198 g/mol. The minimum atomic E-state index is -1.18. The van der Waals surface area contributed by atoms with Crippen LogP contribution in [-0.4, -0.2) is 34.4 Å². The van der Waals surface area contributed by atoms with Gasteiger partial charge in [-0.25, -0.2) is 0 Å². The van der Waals surface area contributed by atoms with E-state index >= 15 is 0 Å². The molecule has 0 spiro atoms. The molecule has 0 fully saturated rings. The average molecular weight is 211 g/mol. The van der Waals surface area contributed by atoms with E-state index in [1.54, 1.807) is 18.3 Å². The molecule has 1 heterocycles. The highest BCUT2D eigenvalue weighted by atomic mass is 16.5. The van der Waals surface area contributed by atoms with Crippen LogP contribution in [0.5, 0.6) is 0 Å². The van der Waals surface area contributed by atoms with Crippen molar-refractivity contribution in [3.05, 3.63) is 30.1 Å². The molecule has 0 aliphatic rings. The van der Waals surface area contributed by atoms with Gasteiger partial charge in [0.15, 0.2) is 0 Å². The monoisotopic (exact) mass is 211 g/mol. The van der Waals surface area contributed by atoms with Crippen molar-refractivity contribution >= 4 is 5.97 Å². The molecule has 0 bridgehead atoms. The Balaban J connectivity index is 2.61. The van der Waals surface area contributed by atoms with Crippen LogP contribution in [0.1, 0.15) is 18.1 Å². The van der Waals surface area contributed by atoms with Gasteiger partial charge in [-0.1, -0.05) is 6.07 Å². The van der Waals surface area contributed by atoms with E-state index in [9.17, 15) is 15.0 Å². The first-order valence-corrected chi connectivity index (χ1v) is 4.48. The Bertz CT molecular complexity index is 314. The van der Waals surface area contributed by atoms with Crippen molar-refractivity contribution in [3.8, 4) is 0 Å². The number of rotatable bonds is 4. The molecule has 0 saturated carbocycles. The van der Waals surface area contributed by atoms with Crippen molar-refractivity contribution in [1.29, 1.82) is 0 Å². The van der Waals surface area contributed by atoms with Gasteiger partial charge in [0.25, 0.3) is 0 Å². The van der Waals surface area contributed by atoms with E-state index in [4.69, 9.17) is 0 Å². The molecule has 1 aromatic heterocycles. The highest BCUT2D eigenvalue weighted by molar-refractivity contribution is 5.69. The second-order valence-corrected chi connectivity index (χ2v) is 3.08. The third-order valence-electron chi connectivity index (χ3n) is 1.99. The van der Waals surface area contributed by atoms with Gasteiger partial charge in [0.05, 0.1) is 19.6 Å². The van der Waals surface area contributed by atoms with Crippen LogP contribution < -0.4 is 0 Å². The lowest BCUT2D eigenvalue weighted by Crippen LogP contribution is -2.22. The minimum absolute atomic E-state index is 0.243. The number of nitrogens with zero attached hydrogens (tertiary/aromatic N) is 1. The van der Waals surface area contributed by atoms with E-state index in [1.807, 2.05) is 0 Å². The second kappa shape index (κ2) is 5.43. The number of methoxy groups -OCH3 is 1. The summed E-state index contributed by atoms with van der Waals surface area (Å²) in [4.78, 5) is 14.6. The van der Waals surface area contributed by atoms with Crippen molar-refractivity contribution < 1.29 is 19.7 Å². The minimum Gasteiger partial charge on any atom is -0.469 e. The number of aliphatic hydroxyl groups excluding tert-OH is 2. The molecule has 1 aromatic rings. The molecule has 5 heteroatoms. The standard InChI is InChI=1S/C10H13NO4/c1-15-9(13)5-8(12)10(14)7-3-2-4-11-6-7/h2-4,6,8,10,12,14H,5H2,1H3. The molecule has 1 rings (SSSR count). The summed E-state index contributed by atoms with van der Waals surface area (Å²) >= 11 is 0. The zero-order valence-corrected chi connectivity index (χ0v) is 8.33. The predicted molar refractivity (Wildman–Crippen MR) is 51.8 cm³/mol. The van der Waals surface area contributed by atoms with Gasteiger partial charge in [0, 0.05) is 18.0 Å². The summed E-state index contributed by atoms with van der Waals surface area (Å²) in [5.41, 5.74) is 0.467. The summed E-state index contributed by atoms with van der Waals surface area (Å²) in [6, 6.07) is 3.27. The van der Waals surface area contributed by atoms with Gasteiger partial charge in [0.2, 0.25) is 0 Å². The molecule has 0 aromatic carbocycles. The third kappa shape index (κ3) is 3.30. The molecule has 2 unspecified atom stereocenters. The lowest BCUT2D eigenvalue weighted by atomic mass is 10.0. The van der Waals surface area contributed by atoms with Crippen molar-refractivity contribution in [3.63, 3.8) is 0 Å². The van der Waals surface area contributed by atoms with Crippen LogP contribution in [0.4, 0.5) is 0 Å². The summed E-state index contributed by atoms with van der Waals surface area (Å²) in [7, 11) is 1.23. The van der Waals surface area contributed by atoms with Gasteiger partial charge in [-0.05, 0) is 6.07 Å². The lowest BCUT2D eigenvalue weighted by molar-refractivity contribution is -0.144. The van der Waals surface area contributed by atoms with Crippen LogP contribution in [0.3, 0.4) is 0 Å². The Hall–Kier alpha value is -1.46. The van der Waals surface area contributed by atoms with Crippen LogP contribution in [0, 0.1) is 0 Å². The topological polar surface area (TPSA) is 79.7 Å². The Morgan fingerprint density at radius 1 is 1.60 bits per heavy atom. The fraction of sp³-hybridized carbons (Fsp3) is 0.400. The van der Waals surface area contributed by atoms with Crippen LogP contribution in [0.25, 0.3) is 0 Å². The SMILES string of the molecule is COC(=O)CC(O)C(O)c1cccnc1. The fourth-order valence-electron chi connectivity index (χ4n) is 1.14. The number of aliphatic hydroxyl groups is 2. The van der Waals surface area contributed by atoms with Crippen LogP contribution in [0.2, 0.25) is 0 Å². The number of carbonyl (C=O) groups is 1. The number of pyridine rings is 1. The number of hydrogen-bond acceptors (Lipinski definition) is 5. The van der Waals surface area contributed by atoms with E-state index < -0.39 is 18.2 Å². The highest BCUT2D eigenvalue weighted by Crippen LogP contribution is 2.17. The van der Waals surface area contributed by atoms with Gasteiger partial charge >= 0.3 is 5.97 Å². The quantitative estimate of drug-likeness (QED) is 0.687. The van der Waals surface area contributed by atoms with Crippen LogP contribution >= 0.6 is 0 Å². The molecular formula is C10H13NO4. The number of esters is 1. The summed E-state index contributed by atoms with van der Waals surface area (Å²) in [6.07, 6.45) is 0.445. The Kier molecular flexibility index (Phi) is 4.20. The van der Waals surface area contributed by atoms with E-state index in [2.05, 4.69) is 9.72 Å². The van der Waals surface area contributed by atoms with Crippen LogP contribution in [-0.2, 0) is 9.53 Å². The first-order chi connectivity index (χ1) is 7.15. The van der Waals surface area contributed by atoms with Gasteiger partial charge in [-0.15, -0.1) is 0 Å². The van der Waals surface area contributed by atoms with E-state index in [1.165, 1.54) is 13.3 Å². The summed E-state index contributed by atoms with van der Waals surface area (Å²) in [5.74, 6) is -0.564. The molecule has 0 aliphatic carbocycles. The molecule has 0 radical (unpaired) electrons. The molecule has 0 aliphatic heterocycles. The molecule has 5 nitrogen and oxygen atoms in total. The van der Waals surface area contributed by atoms with E-state index in [-0.39, 0.29) is 6.42 Å². The molecule has 0 amide bonds. The number of ether oxygens (including phenoxy) is 1. The normalized spacial score (nSPS) is 14.3. The van der Waals surface area contributed by atoms with Crippen LogP contribution in [0.15, 0.2) is 24.5 Å². The molecule has 15 heavy (non-hydrogen) atoms. The second-order valence-electron chi connectivity index (χ2n) is 3.08. The van der Waals surface area contributed by atoms with E-state index in [0.717, 1.165) is 0 Å². The van der Waals surface area contributed by atoms with Crippen molar-refractivity contribution in [2.45, 2.75) is 18.6 Å². The Labute approximate surface area is 87.3 Å². The molecule has 2 N–H and O–H groups in total. The predicted octanol–water partition coefficient (Wildman–Crippen LogP) is 0.0390. The Morgan fingerprint density at radius 2 is 2.33 bits per heavy atom. The summed E-state index contributed by atoms with van der Waals surface area (Å²) in [6.45, 7) is 0. The summed E-state index contributed by atoms with van der Waals surface area (Å²) < 4.78 is 4.38. The average Bonchev–Trinajstić information content (AvgIpc) is 2.29. The van der Waals surface area contributed by atoms with Gasteiger partial charge in [0.1, 0.15) is 6.10 Å². The smallest absolute Gasteiger partial charge is 0.308 e. The van der Waals surface area contributed by atoms with Crippen molar-refractivity contribution in [1.82, 2.24) is 4.98 Å². The first-order valence-electron chi connectivity index (χ1n) is 4.48. The highest BCUT2D eigenvalue weighted by Gasteiger charge is 2.21. The number of carbonyl (C=O) groups excluding carboxylic acids is 1. The van der Waals surface area contributed by atoms with E-state index in [0.29, 0.717) is 5.56 Å². The molecule has 82 valence electrons. The zero-order chi connectivity index (χ0) is 11.3. The fourth-order valence-corrected chi connectivity index (χ4v) is 1.14. The molecule has 0 saturated heterocycles. The molecule has 2 atom stereocenters. The van der Waals surface area contributed by atoms with Crippen molar-refractivity contribution in [2.24, 2.45) is 0 Å². The maximum Gasteiger partial charge on any atom is 0.308 e. The summed E-state index contributed by atoms with van der Waals surface area (Å²) in [5, 5.41) is 19.1.